The molecule has 0 unspecified atom stereocenters. The Morgan fingerprint density at radius 3 is 3.08 bits per heavy atom. The van der Waals surface area contributed by atoms with Gasteiger partial charge in [0.15, 0.2) is 0 Å². The molecule has 3 nitrogen and oxygen atoms in total. The van der Waals surface area contributed by atoms with E-state index in [1.54, 1.807) is 18.4 Å². The molecule has 0 amide bonds. The average molecular weight is 186 g/mol. The highest BCUT2D eigenvalue weighted by atomic mass is 32.1. The number of aromatic nitrogens is 1. The normalized spacial score (nSPS) is 10.5. The molecule has 68 valence electrons. The zero-order valence-electron chi connectivity index (χ0n) is 7.25. The SMILES string of the molecule is COCCCc1ncc(CN)s1. The Hall–Kier alpha value is -0.450. The highest BCUT2D eigenvalue weighted by Crippen LogP contribution is 2.13. The minimum atomic E-state index is 0.599. The van der Waals surface area contributed by atoms with Gasteiger partial charge < -0.3 is 10.5 Å². The van der Waals surface area contributed by atoms with Gasteiger partial charge in [-0.1, -0.05) is 0 Å². The van der Waals surface area contributed by atoms with E-state index in [1.807, 2.05) is 6.20 Å². The Morgan fingerprint density at radius 2 is 2.50 bits per heavy atom. The molecule has 0 radical (unpaired) electrons. The van der Waals surface area contributed by atoms with E-state index in [0.29, 0.717) is 6.54 Å². The average Bonchev–Trinajstić information content (AvgIpc) is 2.53. The zero-order chi connectivity index (χ0) is 8.81. The molecule has 0 saturated heterocycles. The number of aryl methyl sites for hydroxylation is 1. The summed E-state index contributed by atoms with van der Waals surface area (Å²) in [5.74, 6) is 0. The summed E-state index contributed by atoms with van der Waals surface area (Å²) >= 11 is 1.69. The minimum absolute atomic E-state index is 0.599. The molecule has 0 saturated carbocycles. The van der Waals surface area contributed by atoms with Crippen LogP contribution < -0.4 is 5.73 Å². The third kappa shape index (κ3) is 2.89. The molecule has 12 heavy (non-hydrogen) atoms. The van der Waals surface area contributed by atoms with Crippen molar-refractivity contribution >= 4 is 11.3 Å². The van der Waals surface area contributed by atoms with E-state index < -0.39 is 0 Å². The molecule has 0 bridgehead atoms. The predicted octanol–water partition coefficient (Wildman–Crippen LogP) is 1.18. The van der Waals surface area contributed by atoms with Crippen molar-refractivity contribution in [1.82, 2.24) is 4.98 Å². The fourth-order valence-corrected chi connectivity index (χ4v) is 1.77. The lowest BCUT2D eigenvalue weighted by molar-refractivity contribution is 0.195. The number of nitrogens with two attached hydrogens (primary N) is 1. The molecule has 1 rings (SSSR count). The number of hydrogen-bond acceptors (Lipinski definition) is 4. The van der Waals surface area contributed by atoms with Gasteiger partial charge >= 0.3 is 0 Å². The van der Waals surface area contributed by atoms with Gasteiger partial charge in [-0.05, 0) is 6.42 Å². The molecular weight excluding hydrogens is 172 g/mol. The third-order valence-corrected chi connectivity index (χ3v) is 2.62. The zero-order valence-corrected chi connectivity index (χ0v) is 8.06. The van der Waals surface area contributed by atoms with Crippen LogP contribution in [0.15, 0.2) is 6.20 Å². The van der Waals surface area contributed by atoms with Crippen molar-refractivity contribution in [3.8, 4) is 0 Å². The van der Waals surface area contributed by atoms with Crippen LogP contribution in [0.1, 0.15) is 16.3 Å². The van der Waals surface area contributed by atoms with E-state index in [2.05, 4.69) is 4.98 Å². The number of hydrogen-bond donors (Lipinski definition) is 1. The Balaban J connectivity index is 2.31. The summed E-state index contributed by atoms with van der Waals surface area (Å²) in [4.78, 5) is 5.40. The first-order valence-electron chi connectivity index (χ1n) is 3.99. The summed E-state index contributed by atoms with van der Waals surface area (Å²) in [5.41, 5.74) is 5.46. The molecule has 0 aromatic carbocycles. The number of rotatable bonds is 5. The molecule has 0 aliphatic rings. The van der Waals surface area contributed by atoms with E-state index in [4.69, 9.17) is 10.5 Å². The van der Waals surface area contributed by atoms with Crippen molar-refractivity contribution < 1.29 is 4.74 Å². The van der Waals surface area contributed by atoms with Crippen molar-refractivity contribution in [2.24, 2.45) is 5.73 Å². The van der Waals surface area contributed by atoms with Crippen LogP contribution in [0.2, 0.25) is 0 Å². The van der Waals surface area contributed by atoms with E-state index in [1.165, 1.54) is 0 Å². The summed E-state index contributed by atoms with van der Waals surface area (Å²) in [5, 5.41) is 1.16. The molecule has 1 aromatic rings. The summed E-state index contributed by atoms with van der Waals surface area (Å²) in [6.07, 6.45) is 3.89. The van der Waals surface area contributed by atoms with E-state index in [-0.39, 0.29) is 0 Å². The first-order chi connectivity index (χ1) is 5.86. The quantitative estimate of drug-likeness (QED) is 0.702. The molecule has 4 heteroatoms. The molecule has 0 atom stereocenters. The second-order valence-corrected chi connectivity index (χ2v) is 3.72. The second-order valence-electron chi connectivity index (χ2n) is 2.52. The lowest BCUT2D eigenvalue weighted by atomic mass is 10.3. The molecule has 1 heterocycles. The fraction of sp³-hybridized carbons (Fsp3) is 0.625. The van der Waals surface area contributed by atoms with Gasteiger partial charge in [0.2, 0.25) is 0 Å². The summed E-state index contributed by atoms with van der Waals surface area (Å²) < 4.78 is 4.95. The maximum absolute atomic E-state index is 5.46. The van der Waals surface area contributed by atoms with Crippen LogP contribution in [0.3, 0.4) is 0 Å². The van der Waals surface area contributed by atoms with Crippen LogP contribution in [0.5, 0.6) is 0 Å². The summed E-state index contributed by atoms with van der Waals surface area (Å²) in [6, 6.07) is 0. The molecular formula is C8H14N2OS. The molecule has 0 fully saturated rings. The van der Waals surface area contributed by atoms with Crippen molar-refractivity contribution in [3.05, 3.63) is 16.1 Å². The van der Waals surface area contributed by atoms with Crippen LogP contribution in [-0.2, 0) is 17.7 Å². The van der Waals surface area contributed by atoms with Crippen molar-refractivity contribution in [2.45, 2.75) is 19.4 Å². The molecule has 0 aliphatic heterocycles. The Labute approximate surface area is 76.6 Å². The van der Waals surface area contributed by atoms with Crippen LogP contribution in [0.4, 0.5) is 0 Å². The van der Waals surface area contributed by atoms with Gasteiger partial charge in [-0.3, -0.25) is 0 Å². The maximum Gasteiger partial charge on any atom is 0.0929 e. The molecule has 0 aliphatic carbocycles. The van der Waals surface area contributed by atoms with Crippen LogP contribution in [0, 0.1) is 0 Å². The fourth-order valence-electron chi connectivity index (χ4n) is 0.926. The Morgan fingerprint density at radius 1 is 1.67 bits per heavy atom. The summed E-state index contributed by atoms with van der Waals surface area (Å²) in [6.45, 7) is 1.40. The van der Waals surface area contributed by atoms with Gasteiger partial charge in [-0.25, -0.2) is 4.98 Å². The van der Waals surface area contributed by atoms with E-state index in [0.717, 1.165) is 29.3 Å². The van der Waals surface area contributed by atoms with E-state index >= 15 is 0 Å². The molecule has 0 spiro atoms. The lowest BCUT2D eigenvalue weighted by Crippen LogP contribution is -1.91. The Bertz CT molecular complexity index is 225. The van der Waals surface area contributed by atoms with E-state index in [9.17, 15) is 0 Å². The van der Waals surface area contributed by atoms with Crippen LogP contribution in [-0.4, -0.2) is 18.7 Å². The second kappa shape index (κ2) is 5.24. The number of ether oxygens (including phenoxy) is 1. The number of methoxy groups -OCH3 is 1. The highest BCUT2D eigenvalue weighted by molar-refractivity contribution is 7.11. The van der Waals surface area contributed by atoms with Crippen molar-refractivity contribution in [2.75, 3.05) is 13.7 Å². The van der Waals surface area contributed by atoms with Gasteiger partial charge in [0.05, 0.1) is 5.01 Å². The number of nitrogens with zero attached hydrogens (tertiary/aromatic N) is 1. The predicted molar refractivity (Wildman–Crippen MR) is 50.2 cm³/mol. The van der Waals surface area contributed by atoms with Crippen LogP contribution >= 0.6 is 11.3 Å². The Kier molecular flexibility index (Phi) is 4.21. The third-order valence-electron chi connectivity index (χ3n) is 1.54. The first-order valence-corrected chi connectivity index (χ1v) is 4.81. The van der Waals surface area contributed by atoms with Crippen molar-refractivity contribution in [1.29, 1.82) is 0 Å². The standard InChI is InChI=1S/C8H14N2OS/c1-11-4-2-3-8-10-6-7(5-9)12-8/h6H,2-5,9H2,1H3. The number of thiazole rings is 1. The van der Waals surface area contributed by atoms with Gasteiger partial charge in [-0.15, -0.1) is 11.3 Å². The van der Waals surface area contributed by atoms with Crippen molar-refractivity contribution in [3.63, 3.8) is 0 Å². The molecule has 1 aromatic heterocycles. The highest BCUT2D eigenvalue weighted by Gasteiger charge is 1.99. The van der Waals surface area contributed by atoms with Gasteiger partial charge in [-0.2, -0.15) is 0 Å². The first kappa shape index (κ1) is 9.64. The van der Waals surface area contributed by atoms with Gasteiger partial charge in [0.1, 0.15) is 0 Å². The molecule has 2 N–H and O–H groups in total. The largest absolute Gasteiger partial charge is 0.385 e. The monoisotopic (exact) mass is 186 g/mol. The van der Waals surface area contributed by atoms with Gasteiger partial charge in [0.25, 0.3) is 0 Å². The lowest BCUT2D eigenvalue weighted by Gasteiger charge is -1.94. The van der Waals surface area contributed by atoms with Gasteiger partial charge in [0, 0.05) is 37.8 Å². The topological polar surface area (TPSA) is 48.1 Å². The minimum Gasteiger partial charge on any atom is -0.385 e. The smallest absolute Gasteiger partial charge is 0.0929 e. The van der Waals surface area contributed by atoms with Crippen LogP contribution in [0.25, 0.3) is 0 Å². The maximum atomic E-state index is 5.46. The summed E-state index contributed by atoms with van der Waals surface area (Å²) in [7, 11) is 1.72.